The van der Waals surface area contributed by atoms with Gasteiger partial charge in [-0.05, 0) is 95.7 Å². The highest BCUT2D eigenvalue weighted by atomic mass is 15.2. The number of para-hydroxylation sites is 2. The lowest BCUT2D eigenvalue weighted by Gasteiger charge is -2.24. The number of hydrogen-bond acceptors (Lipinski definition) is 4. The van der Waals surface area contributed by atoms with Crippen molar-refractivity contribution in [3.05, 3.63) is 170 Å². The van der Waals surface area contributed by atoms with Crippen LogP contribution in [0.25, 0.3) is 54.4 Å². The van der Waals surface area contributed by atoms with Gasteiger partial charge in [-0.25, -0.2) is 9.97 Å². The molecule has 0 atom stereocenters. The number of aromatic nitrogens is 4. The monoisotopic (exact) mass is 670 g/mol. The second-order valence-corrected chi connectivity index (χ2v) is 13.3. The van der Waals surface area contributed by atoms with Gasteiger partial charge in [0.05, 0.1) is 11.0 Å². The van der Waals surface area contributed by atoms with Gasteiger partial charge in [-0.2, -0.15) is 0 Å². The lowest BCUT2D eigenvalue weighted by molar-refractivity contribution is 1.01. The Balaban J connectivity index is 1.16. The summed E-state index contributed by atoms with van der Waals surface area (Å²) in [5, 5.41) is 7.51. The van der Waals surface area contributed by atoms with Crippen molar-refractivity contribution in [1.82, 2.24) is 19.1 Å². The molecule has 0 saturated heterocycles. The molecule has 10 rings (SSSR count). The summed E-state index contributed by atoms with van der Waals surface area (Å²) >= 11 is 0. The minimum atomic E-state index is 0.880. The first-order valence-corrected chi connectivity index (χ1v) is 17.5. The zero-order valence-electron chi connectivity index (χ0n) is 28.8. The van der Waals surface area contributed by atoms with Gasteiger partial charge in [0.1, 0.15) is 11.6 Å². The van der Waals surface area contributed by atoms with E-state index >= 15 is 0 Å². The normalized spacial score (nSPS) is 11.7. The van der Waals surface area contributed by atoms with Crippen molar-refractivity contribution >= 4 is 88.8 Å². The highest BCUT2D eigenvalue weighted by Crippen LogP contribution is 2.43. The first kappa shape index (κ1) is 29.9. The van der Waals surface area contributed by atoms with Crippen LogP contribution in [0.4, 0.5) is 34.4 Å². The van der Waals surface area contributed by atoms with E-state index in [9.17, 15) is 0 Å². The number of hydrogen-bond donors (Lipinski definition) is 0. The van der Waals surface area contributed by atoms with E-state index in [2.05, 4.69) is 154 Å². The van der Waals surface area contributed by atoms with Crippen LogP contribution in [0.2, 0.25) is 0 Å². The van der Waals surface area contributed by atoms with E-state index in [0.717, 1.165) is 34.4 Å². The summed E-state index contributed by atoms with van der Waals surface area (Å²) in [5.41, 5.74) is 9.03. The number of nitrogens with zero attached hydrogens (tertiary/aromatic N) is 6. The van der Waals surface area contributed by atoms with Crippen molar-refractivity contribution in [2.24, 2.45) is 14.1 Å². The molecule has 4 heterocycles. The number of fused-ring (bicyclic) bond motifs is 9. The van der Waals surface area contributed by atoms with Crippen molar-refractivity contribution in [2.45, 2.75) is 0 Å². The summed E-state index contributed by atoms with van der Waals surface area (Å²) in [6.07, 6.45) is 3.70. The molecule has 0 amide bonds. The third-order valence-electron chi connectivity index (χ3n) is 10.4. The van der Waals surface area contributed by atoms with E-state index in [-0.39, 0.29) is 0 Å². The standard InChI is InChI=1S/C46H34N6/c1-49-39-25-23-36-35(45(39)37-21-19-33(29-41(37)49)51(31-13-5-3-6-14-31)43-17-9-11-27-47-43)24-26-40-46(36)38-22-20-34(30-42(38)50(40)2)52(32-15-7-4-8-16-32)44-18-10-12-28-48-44/h3-30H,1-2H3. The van der Waals surface area contributed by atoms with Crippen molar-refractivity contribution in [2.75, 3.05) is 9.80 Å². The Labute approximate surface area is 301 Å². The topological polar surface area (TPSA) is 42.1 Å². The number of aryl methyl sites for hydroxylation is 2. The van der Waals surface area contributed by atoms with Crippen molar-refractivity contribution in [3.63, 3.8) is 0 Å². The SMILES string of the molecule is Cn1c2cc(N(c3ccccc3)c3ccccn3)ccc2c2c3ccc4c(c3ccc21)c1ccc(N(c2ccccc2)c2ccccn2)cc1n4C. The molecule has 6 aromatic carbocycles. The molecular formula is C46H34N6. The number of anilines is 6. The van der Waals surface area contributed by atoms with Crippen LogP contribution in [-0.2, 0) is 14.1 Å². The second kappa shape index (κ2) is 11.9. The van der Waals surface area contributed by atoms with E-state index in [1.54, 1.807) is 0 Å². The van der Waals surface area contributed by atoms with E-state index in [1.807, 2.05) is 48.8 Å². The predicted molar refractivity (Wildman–Crippen MR) is 217 cm³/mol. The third-order valence-corrected chi connectivity index (χ3v) is 10.4. The van der Waals surface area contributed by atoms with Gasteiger partial charge in [0.25, 0.3) is 0 Å². The van der Waals surface area contributed by atoms with Crippen LogP contribution in [0.15, 0.2) is 170 Å². The van der Waals surface area contributed by atoms with E-state index in [1.165, 1.54) is 54.4 Å². The number of benzene rings is 6. The fourth-order valence-electron chi connectivity index (χ4n) is 8.02. The Bertz CT molecular complexity index is 2630. The molecule has 0 aliphatic heterocycles. The van der Waals surface area contributed by atoms with Crippen LogP contribution in [-0.4, -0.2) is 19.1 Å². The molecule has 0 saturated carbocycles. The Morgan fingerprint density at radius 3 is 1.17 bits per heavy atom. The van der Waals surface area contributed by atoms with E-state index in [0.29, 0.717) is 0 Å². The van der Waals surface area contributed by atoms with Gasteiger partial charge in [0, 0.05) is 81.8 Å². The lowest BCUT2D eigenvalue weighted by Crippen LogP contribution is -2.11. The van der Waals surface area contributed by atoms with Crippen LogP contribution < -0.4 is 9.80 Å². The molecule has 0 radical (unpaired) electrons. The molecule has 52 heavy (non-hydrogen) atoms. The molecule has 0 unspecified atom stereocenters. The Hall–Kier alpha value is -6.92. The molecular weight excluding hydrogens is 637 g/mol. The summed E-state index contributed by atoms with van der Waals surface area (Å²) in [6, 6.07) is 55.8. The maximum absolute atomic E-state index is 4.73. The molecule has 6 nitrogen and oxygen atoms in total. The van der Waals surface area contributed by atoms with Crippen LogP contribution in [0.1, 0.15) is 0 Å². The fraction of sp³-hybridized carbons (Fsp3) is 0.0435. The van der Waals surface area contributed by atoms with Crippen LogP contribution in [0.5, 0.6) is 0 Å². The fourth-order valence-corrected chi connectivity index (χ4v) is 8.02. The lowest BCUT2D eigenvalue weighted by atomic mass is 9.99. The maximum Gasteiger partial charge on any atom is 0.137 e. The summed E-state index contributed by atoms with van der Waals surface area (Å²) in [4.78, 5) is 13.9. The van der Waals surface area contributed by atoms with Gasteiger partial charge >= 0.3 is 0 Å². The van der Waals surface area contributed by atoms with Gasteiger partial charge < -0.3 is 9.13 Å². The smallest absolute Gasteiger partial charge is 0.137 e. The summed E-state index contributed by atoms with van der Waals surface area (Å²) < 4.78 is 4.65. The van der Waals surface area contributed by atoms with Crippen molar-refractivity contribution < 1.29 is 0 Å². The third kappa shape index (κ3) is 4.58. The Kier molecular flexibility index (Phi) is 6.83. The summed E-state index contributed by atoms with van der Waals surface area (Å²) in [6.45, 7) is 0. The number of rotatable bonds is 6. The van der Waals surface area contributed by atoms with Crippen molar-refractivity contribution in [1.29, 1.82) is 0 Å². The number of pyridine rings is 2. The molecule has 248 valence electrons. The zero-order chi connectivity index (χ0) is 34.8. The molecule has 0 bridgehead atoms. The molecule has 0 fully saturated rings. The van der Waals surface area contributed by atoms with Gasteiger partial charge in [0.2, 0.25) is 0 Å². The van der Waals surface area contributed by atoms with Gasteiger partial charge in [0.15, 0.2) is 0 Å². The van der Waals surface area contributed by atoms with Gasteiger partial charge in [-0.15, -0.1) is 0 Å². The first-order valence-electron chi connectivity index (χ1n) is 17.5. The first-order chi connectivity index (χ1) is 25.7. The molecule has 4 aromatic heterocycles. The maximum atomic E-state index is 4.73. The molecule has 6 heteroatoms. The quantitative estimate of drug-likeness (QED) is 0.177. The van der Waals surface area contributed by atoms with Crippen LogP contribution in [0.3, 0.4) is 0 Å². The highest BCUT2D eigenvalue weighted by molar-refractivity contribution is 6.29. The highest BCUT2D eigenvalue weighted by Gasteiger charge is 2.21. The molecule has 0 aliphatic rings. The Morgan fingerprint density at radius 1 is 0.365 bits per heavy atom. The van der Waals surface area contributed by atoms with Gasteiger partial charge in [-0.3, -0.25) is 9.80 Å². The molecule has 0 aliphatic carbocycles. The summed E-state index contributed by atoms with van der Waals surface area (Å²) in [5.74, 6) is 1.76. The minimum Gasteiger partial charge on any atom is -0.344 e. The van der Waals surface area contributed by atoms with E-state index in [4.69, 9.17) is 9.97 Å². The predicted octanol–water partition coefficient (Wildman–Crippen LogP) is 11.9. The largest absolute Gasteiger partial charge is 0.344 e. The van der Waals surface area contributed by atoms with Crippen LogP contribution in [0, 0.1) is 0 Å². The summed E-state index contributed by atoms with van der Waals surface area (Å²) in [7, 11) is 4.35. The molecule has 0 N–H and O–H groups in total. The Morgan fingerprint density at radius 2 is 0.769 bits per heavy atom. The van der Waals surface area contributed by atoms with E-state index < -0.39 is 0 Å². The van der Waals surface area contributed by atoms with Gasteiger partial charge in [-0.1, -0.05) is 72.8 Å². The average Bonchev–Trinajstić information content (AvgIpc) is 3.66. The van der Waals surface area contributed by atoms with Crippen molar-refractivity contribution in [3.8, 4) is 0 Å². The average molecular weight is 671 g/mol. The second-order valence-electron chi connectivity index (χ2n) is 13.3. The minimum absolute atomic E-state index is 0.880. The molecule has 0 spiro atoms. The van der Waals surface area contributed by atoms with Crippen LogP contribution >= 0.6 is 0 Å². The molecule has 10 aromatic rings. The zero-order valence-corrected chi connectivity index (χ0v) is 28.8.